The first-order chi connectivity index (χ1) is 18.6. The van der Waals surface area contributed by atoms with E-state index in [0.29, 0.717) is 23.4 Å². The van der Waals surface area contributed by atoms with Gasteiger partial charge in [-0.05, 0) is 69.0 Å². The van der Waals surface area contributed by atoms with Crippen LogP contribution in [0.5, 0.6) is 0 Å². The number of amides is 2. The molecule has 2 aromatic carbocycles. The van der Waals surface area contributed by atoms with Crippen molar-refractivity contribution in [2.45, 2.75) is 59.4 Å². The Morgan fingerprint density at radius 1 is 0.923 bits per heavy atom. The zero-order valence-corrected chi connectivity index (χ0v) is 24.2. The number of aliphatic imine (C=N–C) groups is 1. The van der Waals surface area contributed by atoms with Gasteiger partial charge in [-0.2, -0.15) is 0 Å². The molecule has 2 aromatic rings. The van der Waals surface area contributed by atoms with E-state index in [-0.39, 0.29) is 17.4 Å². The molecule has 1 saturated heterocycles. The van der Waals surface area contributed by atoms with Gasteiger partial charge in [0.2, 0.25) is 5.91 Å². The maximum absolute atomic E-state index is 13.2. The molecule has 2 aliphatic rings. The Bertz CT molecular complexity index is 1240. The van der Waals surface area contributed by atoms with E-state index in [2.05, 4.69) is 44.5 Å². The molecular weight excluding hydrogens is 486 g/mol. The maximum atomic E-state index is 13.2. The summed E-state index contributed by atoms with van der Waals surface area (Å²) in [5.74, 6) is 0.553. The van der Waals surface area contributed by atoms with Crippen LogP contribution in [0.1, 0.15) is 69.8 Å². The van der Waals surface area contributed by atoms with Crippen molar-refractivity contribution in [1.82, 2.24) is 14.7 Å². The number of carbonyl (C=O) groups excluding carboxylic acids is 2. The van der Waals surface area contributed by atoms with Crippen molar-refractivity contribution in [3.05, 3.63) is 59.2 Å². The van der Waals surface area contributed by atoms with E-state index in [9.17, 15) is 9.59 Å². The third-order valence-corrected chi connectivity index (χ3v) is 7.53. The van der Waals surface area contributed by atoms with E-state index in [4.69, 9.17) is 5.73 Å². The normalized spacial score (nSPS) is 16.2. The summed E-state index contributed by atoms with van der Waals surface area (Å²) in [6, 6.07) is 13.8. The Hall–Kier alpha value is -3.45. The van der Waals surface area contributed by atoms with Crippen LogP contribution in [0.3, 0.4) is 0 Å². The molecule has 2 N–H and O–H groups in total. The first-order valence-corrected chi connectivity index (χ1v) is 14.2. The molecule has 0 atom stereocenters. The number of amidine groups is 1. The Kier molecular flexibility index (Phi) is 8.90. The van der Waals surface area contributed by atoms with E-state index in [1.54, 1.807) is 0 Å². The van der Waals surface area contributed by atoms with Gasteiger partial charge in [0.1, 0.15) is 5.84 Å². The highest BCUT2D eigenvalue weighted by molar-refractivity contribution is 6.05. The van der Waals surface area contributed by atoms with E-state index < -0.39 is 0 Å². The molecular formula is C32H43N5O2. The lowest BCUT2D eigenvalue weighted by molar-refractivity contribution is -0.127. The Balaban J connectivity index is 1.50. The molecule has 0 aliphatic carbocycles. The van der Waals surface area contributed by atoms with Crippen molar-refractivity contribution in [1.29, 1.82) is 0 Å². The summed E-state index contributed by atoms with van der Waals surface area (Å²) >= 11 is 0. The Labute approximate surface area is 233 Å². The number of nitrogens with two attached hydrogens (primary N) is 1. The summed E-state index contributed by atoms with van der Waals surface area (Å²) in [7, 11) is 0. The lowest BCUT2D eigenvalue weighted by Gasteiger charge is -2.42. The largest absolute Gasteiger partial charge is 0.387 e. The van der Waals surface area contributed by atoms with Crippen LogP contribution in [0.4, 0.5) is 5.69 Å². The molecule has 208 valence electrons. The molecule has 2 amide bonds. The predicted octanol–water partition coefficient (Wildman–Crippen LogP) is 5.33. The second-order valence-electron chi connectivity index (χ2n) is 11.5. The standard InChI is InChI=1S/C32H43N5O2/c1-6-14-35(15-7-2)31(39)27-20-26-13-12-25(21-28(26)34-29(33)22-27)23-8-10-24(11-9-23)30(38)36-16-18-37(19-17-36)32(3,4)5/h8-13,20-21H,6-7,14-19,22H2,1-5H3,(H2,33,34). The summed E-state index contributed by atoms with van der Waals surface area (Å²) < 4.78 is 0. The van der Waals surface area contributed by atoms with Gasteiger partial charge in [-0.15, -0.1) is 0 Å². The van der Waals surface area contributed by atoms with Crippen molar-refractivity contribution >= 4 is 29.4 Å². The van der Waals surface area contributed by atoms with Crippen LogP contribution in [-0.2, 0) is 4.79 Å². The van der Waals surface area contributed by atoms with E-state index in [1.165, 1.54) is 0 Å². The van der Waals surface area contributed by atoms with Crippen LogP contribution in [0.15, 0.2) is 53.0 Å². The highest BCUT2D eigenvalue weighted by Crippen LogP contribution is 2.32. The van der Waals surface area contributed by atoms with Gasteiger partial charge in [-0.1, -0.05) is 38.1 Å². The molecule has 7 heteroatoms. The van der Waals surface area contributed by atoms with Crippen molar-refractivity contribution in [2.24, 2.45) is 10.7 Å². The Morgan fingerprint density at radius 2 is 1.54 bits per heavy atom. The van der Waals surface area contributed by atoms with Gasteiger partial charge >= 0.3 is 0 Å². The van der Waals surface area contributed by atoms with Crippen LogP contribution in [0.25, 0.3) is 17.2 Å². The fraction of sp³-hybridized carbons (Fsp3) is 0.469. The molecule has 0 radical (unpaired) electrons. The van der Waals surface area contributed by atoms with Gasteiger partial charge in [0.05, 0.1) is 5.69 Å². The third kappa shape index (κ3) is 6.77. The van der Waals surface area contributed by atoms with Crippen LogP contribution in [0, 0.1) is 0 Å². The molecule has 0 aromatic heterocycles. The summed E-state index contributed by atoms with van der Waals surface area (Å²) in [6.45, 7) is 15.6. The quantitative estimate of drug-likeness (QED) is 0.525. The number of hydrogen-bond acceptors (Lipinski definition) is 5. The highest BCUT2D eigenvalue weighted by Gasteiger charge is 2.28. The molecule has 2 heterocycles. The van der Waals surface area contributed by atoms with Crippen molar-refractivity contribution in [3.63, 3.8) is 0 Å². The molecule has 2 aliphatic heterocycles. The molecule has 0 unspecified atom stereocenters. The average molecular weight is 530 g/mol. The van der Waals surface area contributed by atoms with E-state index >= 15 is 0 Å². The van der Waals surface area contributed by atoms with E-state index in [0.717, 1.165) is 74.5 Å². The summed E-state index contributed by atoms with van der Waals surface area (Å²) in [4.78, 5) is 37.3. The van der Waals surface area contributed by atoms with Crippen LogP contribution >= 0.6 is 0 Å². The minimum Gasteiger partial charge on any atom is -0.387 e. The zero-order chi connectivity index (χ0) is 28.2. The summed E-state index contributed by atoms with van der Waals surface area (Å²) in [6.07, 6.45) is 4.11. The third-order valence-electron chi connectivity index (χ3n) is 7.53. The molecule has 39 heavy (non-hydrogen) atoms. The highest BCUT2D eigenvalue weighted by atomic mass is 16.2. The summed E-state index contributed by atoms with van der Waals surface area (Å²) in [5, 5.41) is 0. The topological polar surface area (TPSA) is 82.2 Å². The molecule has 1 fully saturated rings. The van der Waals surface area contributed by atoms with Crippen molar-refractivity contribution in [3.8, 4) is 11.1 Å². The second kappa shape index (κ2) is 12.2. The number of fused-ring (bicyclic) bond motifs is 1. The zero-order valence-electron chi connectivity index (χ0n) is 24.2. The van der Waals surface area contributed by atoms with Crippen molar-refractivity contribution in [2.75, 3.05) is 39.3 Å². The number of carbonyl (C=O) groups is 2. The predicted molar refractivity (Wildman–Crippen MR) is 160 cm³/mol. The van der Waals surface area contributed by atoms with E-state index in [1.807, 2.05) is 58.3 Å². The SMILES string of the molecule is CCCN(CCC)C(=O)C1=Cc2ccc(-c3ccc(C(=O)N4CCN(C(C)(C)C)CC4)cc3)cc2N=C(N)C1. The van der Waals surface area contributed by atoms with Gasteiger partial charge in [0.25, 0.3) is 5.91 Å². The van der Waals surface area contributed by atoms with Gasteiger partial charge in [0, 0.05) is 67.9 Å². The van der Waals surface area contributed by atoms with Crippen LogP contribution < -0.4 is 5.73 Å². The monoisotopic (exact) mass is 529 g/mol. The summed E-state index contributed by atoms with van der Waals surface area (Å²) in [5.41, 5.74) is 11.4. The lowest BCUT2D eigenvalue weighted by atomic mass is 9.99. The number of nitrogens with zero attached hydrogens (tertiary/aromatic N) is 4. The fourth-order valence-electron chi connectivity index (χ4n) is 5.33. The fourth-order valence-corrected chi connectivity index (χ4v) is 5.33. The van der Waals surface area contributed by atoms with Gasteiger partial charge < -0.3 is 15.5 Å². The minimum atomic E-state index is 0.0360. The molecule has 0 bridgehead atoms. The maximum Gasteiger partial charge on any atom is 0.253 e. The average Bonchev–Trinajstić information content (AvgIpc) is 3.09. The first-order valence-electron chi connectivity index (χ1n) is 14.2. The van der Waals surface area contributed by atoms with Gasteiger partial charge in [-0.25, -0.2) is 4.99 Å². The Morgan fingerprint density at radius 3 is 2.13 bits per heavy atom. The van der Waals surface area contributed by atoms with Gasteiger partial charge in [0.15, 0.2) is 0 Å². The molecule has 0 saturated carbocycles. The van der Waals surface area contributed by atoms with Crippen molar-refractivity contribution < 1.29 is 9.59 Å². The van der Waals surface area contributed by atoms with Crippen LogP contribution in [0.2, 0.25) is 0 Å². The number of hydrogen-bond donors (Lipinski definition) is 1. The number of benzene rings is 2. The van der Waals surface area contributed by atoms with Gasteiger partial charge in [-0.3, -0.25) is 14.5 Å². The minimum absolute atomic E-state index is 0.0360. The molecule has 0 spiro atoms. The first kappa shape index (κ1) is 28.6. The second-order valence-corrected chi connectivity index (χ2v) is 11.5. The lowest BCUT2D eigenvalue weighted by Crippen LogP contribution is -2.54. The smallest absolute Gasteiger partial charge is 0.253 e. The van der Waals surface area contributed by atoms with Crippen LogP contribution in [-0.4, -0.2) is 77.2 Å². The number of piperazine rings is 1. The molecule has 7 nitrogen and oxygen atoms in total. The molecule has 4 rings (SSSR count). The number of rotatable bonds is 7.